The van der Waals surface area contributed by atoms with Crippen molar-refractivity contribution in [3.05, 3.63) is 23.9 Å². The van der Waals surface area contributed by atoms with Crippen LogP contribution < -0.4 is 5.32 Å². The highest BCUT2D eigenvalue weighted by atomic mass is 15.0. The molecular weight excluding hydrogens is 160 g/mol. The molecule has 0 aromatic carbocycles. The van der Waals surface area contributed by atoms with E-state index in [0.29, 0.717) is 6.04 Å². The average Bonchev–Trinajstić information content (AvgIpc) is 2.12. The molecule has 2 nitrogen and oxygen atoms in total. The molecule has 0 bridgehead atoms. The molecule has 1 saturated carbocycles. The van der Waals surface area contributed by atoms with Crippen LogP contribution in [-0.2, 0) is 0 Å². The van der Waals surface area contributed by atoms with Gasteiger partial charge in [0.25, 0.3) is 0 Å². The van der Waals surface area contributed by atoms with Gasteiger partial charge in [-0.25, -0.2) is 4.98 Å². The Morgan fingerprint density at radius 1 is 1.38 bits per heavy atom. The van der Waals surface area contributed by atoms with E-state index in [9.17, 15) is 0 Å². The molecule has 2 unspecified atom stereocenters. The van der Waals surface area contributed by atoms with Gasteiger partial charge < -0.3 is 5.32 Å². The van der Waals surface area contributed by atoms with Crippen LogP contribution in [0.5, 0.6) is 0 Å². The van der Waals surface area contributed by atoms with E-state index in [1.54, 1.807) is 0 Å². The van der Waals surface area contributed by atoms with E-state index < -0.39 is 0 Å². The van der Waals surface area contributed by atoms with Gasteiger partial charge in [0.05, 0.1) is 0 Å². The lowest BCUT2D eigenvalue weighted by Gasteiger charge is -2.34. The molecular formula is C11H16N2. The van der Waals surface area contributed by atoms with Crippen molar-refractivity contribution in [1.82, 2.24) is 4.98 Å². The van der Waals surface area contributed by atoms with Crippen LogP contribution in [-0.4, -0.2) is 11.0 Å². The number of nitrogens with zero attached hydrogens (tertiary/aromatic N) is 1. The normalized spacial score (nSPS) is 26.6. The van der Waals surface area contributed by atoms with Crippen LogP contribution in [0.15, 0.2) is 18.2 Å². The molecule has 2 atom stereocenters. The van der Waals surface area contributed by atoms with Crippen LogP contribution in [0, 0.1) is 12.8 Å². The summed E-state index contributed by atoms with van der Waals surface area (Å²) in [5.41, 5.74) is 1.08. The lowest BCUT2D eigenvalue weighted by atomic mass is 9.81. The molecule has 1 aromatic heterocycles. The number of aryl methyl sites for hydroxylation is 1. The topological polar surface area (TPSA) is 24.9 Å². The first-order valence-electron chi connectivity index (χ1n) is 4.96. The van der Waals surface area contributed by atoms with Gasteiger partial charge >= 0.3 is 0 Å². The van der Waals surface area contributed by atoms with Crippen molar-refractivity contribution in [3.63, 3.8) is 0 Å². The minimum absolute atomic E-state index is 0.647. The van der Waals surface area contributed by atoms with Gasteiger partial charge in [0.2, 0.25) is 0 Å². The maximum atomic E-state index is 4.42. The largest absolute Gasteiger partial charge is 0.367 e. The van der Waals surface area contributed by atoms with Gasteiger partial charge in [0.15, 0.2) is 0 Å². The number of rotatable bonds is 2. The molecule has 70 valence electrons. The minimum Gasteiger partial charge on any atom is -0.367 e. The summed E-state index contributed by atoms with van der Waals surface area (Å²) in [5.74, 6) is 1.83. The summed E-state index contributed by atoms with van der Waals surface area (Å²) in [7, 11) is 0. The molecule has 0 saturated heterocycles. The minimum atomic E-state index is 0.647. The van der Waals surface area contributed by atoms with Crippen LogP contribution in [0.1, 0.15) is 25.5 Å². The first-order chi connectivity index (χ1) is 6.25. The van der Waals surface area contributed by atoms with Crippen LogP contribution >= 0.6 is 0 Å². The summed E-state index contributed by atoms with van der Waals surface area (Å²) in [6.07, 6.45) is 2.64. The molecule has 1 N–H and O–H groups in total. The van der Waals surface area contributed by atoms with Crippen molar-refractivity contribution in [3.8, 4) is 0 Å². The van der Waals surface area contributed by atoms with Gasteiger partial charge in [-0.05, 0) is 37.8 Å². The summed E-state index contributed by atoms with van der Waals surface area (Å²) >= 11 is 0. The Hall–Kier alpha value is -1.05. The zero-order valence-electron chi connectivity index (χ0n) is 8.25. The predicted molar refractivity (Wildman–Crippen MR) is 54.8 cm³/mol. The van der Waals surface area contributed by atoms with E-state index in [-0.39, 0.29) is 0 Å². The second-order valence-electron chi connectivity index (χ2n) is 3.97. The van der Waals surface area contributed by atoms with E-state index in [4.69, 9.17) is 0 Å². The number of anilines is 1. The van der Waals surface area contributed by atoms with Gasteiger partial charge in [-0.2, -0.15) is 0 Å². The van der Waals surface area contributed by atoms with Crippen LogP contribution in [0.3, 0.4) is 0 Å². The predicted octanol–water partition coefficient (Wildman–Crippen LogP) is 2.60. The summed E-state index contributed by atoms with van der Waals surface area (Å²) < 4.78 is 0. The highest BCUT2D eigenvalue weighted by Crippen LogP contribution is 2.29. The quantitative estimate of drug-likeness (QED) is 0.749. The second-order valence-corrected chi connectivity index (χ2v) is 3.97. The van der Waals surface area contributed by atoms with E-state index in [0.717, 1.165) is 17.4 Å². The fraction of sp³-hybridized carbons (Fsp3) is 0.545. The monoisotopic (exact) mass is 176 g/mol. The third-order valence-corrected chi connectivity index (χ3v) is 2.84. The Morgan fingerprint density at radius 2 is 2.23 bits per heavy atom. The van der Waals surface area contributed by atoms with E-state index >= 15 is 0 Å². The highest BCUT2D eigenvalue weighted by Gasteiger charge is 2.26. The molecule has 0 aliphatic heterocycles. The summed E-state index contributed by atoms with van der Waals surface area (Å²) in [4.78, 5) is 4.42. The van der Waals surface area contributed by atoms with Crippen molar-refractivity contribution < 1.29 is 0 Å². The summed E-state index contributed by atoms with van der Waals surface area (Å²) in [6.45, 7) is 4.31. The second kappa shape index (κ2) is 3.36. The van der Waals surface area contributed by atoms with Crippen molar-refractivity contribution >= 4 is 5.82 Å². The molecule has 1 aliphatic rings. The first-order valence-corrected chi connectivity index (χ1v) is 4.96. The zero-order chi connectivity index (χ0) is 9.26. The third-order valence-electron chi connectivity index (χ3n) is 2.84. The molecule has 13 heavy (non-hydrogen) atoms. The Labute approximate surface area is 79.4 Å². The molecule has 1 aromatic rings. The Morgan fingerprint density at radius 3 is 2.77 bits per heavy atom. The molecule has 1 heterocycles. The smallest absolute Gasteiger partial charge is 0.126 e. The number of nitrogens with one attached hydrogen (secondary N) is 1. The van der Waals surface area contributed by atoms with E-state index in [1.165, 1.54) is 12.8 Å². The summed E-state index contributed by atoms with van der Waals surface area (Å²) in [6, 6.07) is 6.76. The number of hydrogen-bond acceptors (Lipinski definition) is 2. The molecule has 2 heteroatoms. The van der Waals surface area contributed by atoms with Gasteiger partial charge in [-0.3, -0.25) is 0 Å². The SMILES string of the molecule is Cc1cccc(NC2CCC2C)n1. The molecule has 2 rings (SSSR count). The van der Waals surface area contributed by atoms with Crippen LogP contribution in [0.2, 0.25) is 0 Å². The first kappa shape index (κ1) is 8.54. The van der Waals surface area contributed by atoms with Crippen molar-refractivity contribution in [2.45, 2.75) is 32.7 Å². The lowest BCUT2D eigenvalue weighted by Crippen LogP contribution is -2.36. The van der Waals surface area contributed by atoms with E-state index in [1.807, 2.05) is 25.1 Å². The highest BCUT2D eigenvalue weighted by molar-refractivity contribution is 5.37. The van der Waals surface area contributed by atoms with Crippen molar-refractivity contribution in [2.75, 3.05) is 5.32 Å². The lowest BCUT2D eigenvalue weighted by molar-refractivity contribution is 0.303. The zero-order valence-corrected chi connectivity index (χ0v) is 8.25. The Kier molecular flexibility index (Phi) is 2.21. The maximum absolute atomic E-state index is 4.42. The van der Waals surface area contributed by atoms with Crippen molar-refractivity contribution in [2.24, 2.45) is 5.92 Å². The van der Waals surface area contributed by atoms with Gasteiger partial charge in [0, 0.05) is 11.7 Å². The van der Waals surface area contributed by atoms with E-state index in [2.05, 4.69) is 17.2 Å². The molecule has 0 amide bonds. The third kappa shape index (κ3) is 1.82. The summed E-state index contributed by atoms with van der Waals surface area (Å²) in [5, 5.41) is 3.46. The number of aromatic nitrogens is 1. The van der Waals surface area contributed by atoms with Gasteiger partial charge in [-0.1, -0.05) is 13.0 Å². The Bertz CT molecular complexity index is 296. The van der Waals surface area contributed by atoms with Crippen LogP contribution in [0.25, 0.3) is 0 Å². The molecule has 0 radical (unpaired) electrons. The van der Waals surface area contributed by atoms with Gasteiger partial charge in [0.1, 0.15) is 5.82 Å². The molecule has 1 fully saturated rings. The standard InChI is InChI=1S/C11H16N2/c1-8-6-7-10(8)13-11-5-3-4-9(2)12-11/h3-5,8,10H,6-7H2,1-2H3,(H,12,13). The fourth-order valence-corrected chi connectivity index (χ4v) is 1.69. The van der Waals surface area contributed by atoms with Gasteiger partial charge in [-0.15, -0.1) is 0 Å². The number of hydrogen-bond donors (Lipinski definition) is 1. The fourth-order valence-electron chi connectivity index (χ4n) is 1.69. The average molecular weight is 176 g/mol. The Balaban J connectivity index is 2.01. The van der Waals surface area contributed by atoms with Crippen LogP contribution in [0.4, 0.5) is 5.82 Å². The molecule has 0 spiro atoms. The number of pyridine rings is 1. The van der Waals surface area contributed by atoms with Crippen molar-refractivity contribution in [1.29, 1.82) is 0 Å². The molecule has 1 aliphatic carbocycles. The maximum Gasteiger partial charge on any atom is 0.126 e.